The molecule has 1 N–H and O–H groups in total. The molecule has 0 unspecified atom stereocenters. The minimum atomic E-state index is -0.592. The monoisotopic (exact) mass is 492 g/mol. The lowest BCUT2D eigenvalue weighted by Crippen LogP contribution is -2.16. The summed E-state index contributed by atoms with van der Waals surface area (Å²) in [5.74, 6) is -0.111. The van der Waals surface area contributed by atoms with Gasteiger partial charge in [-0.15, -0.1) is 0 Å². The van der Waals surface area contributed by atoms with Crippen molar-refractivity contribution < 1.29 is 19.1 Å². The van der Waals surface area contributed by atoms with Gasteiger partial charge < -0.3 is 9.47 Å². The fraction of sp³-hybridized carbons (Fsp3) is 0.400. The number of hydrogen-bond donors (Lipinski definition) is 1. The van der Waals surface area contributed by atoms with Gasteiger partial charge in [-0.05, 0) is 48.4 Å². The first kappa shape index (κ1) is 26.7. The van der Waals surface area contributed by atoms with Crippen LogP contribution in [-0.2, 0) is 4.79 Å². The summed E-state index contributed by atoms with van der Waals surface area (Å²) in [6.45, 7) is 2.20. The van der Waals surface area contributed by atoms with Gasteiger partial charge in [0.25, 0.3) is 0 Å². The van der Waals surface area contributed by atoms with Crippen molar-refractivity contribution >= 4 is 41.3 Å². The first-order chi connectivity index (χ1) is 15.9. The molecule has 0 bridgehead atoms. The number of rotatable bonds is 13. The van der Waals surface area contributed by atoms with Crippen LogP contribution < -0.4 is 14.9 Å². The van der Waals surface area contributed by atoms with Crippen LogP contribution in [0.4, 0.5) is 0 Å². The Morgan fingerprint density at radius 1 is 0.939 bits per heavy atom. The van der Waals surface area contributed by atoms with Crippen molar-refractivity contribution in [3.63, 3.8) is 0 Å². The maximum Gasteiger partial charge on any atom is 0.343 e. The highest BCUT2D eigenvalue weighted by Gasteiger charge is 2.14. The SMILES string of the molecule is CCCCCCCCCC(=O)N/N=C\c1ccc(OC(=O)c2ccc(Cl)c(Cl)c2)c(OC)c1. The smallest absolute Gasteiger partial charge is 0.343 e. The lowest BCUT2D eigenvalue weighted by Gasteiger charge is -2.10. The molecule has 0 spiro atoms. The van der Waals surface area contributed by atoms with Crippen molar-refractivity contribution in [3.8, 4) is 11.5 Å². The Hall–Kier alpha value is -2.57. The van der Waals surface area contributed by atoms with Gasteiger partial charge >= 0.3 is 5.97 Å². The molecule has 0 heterocycles. The van der Waals surface area contributed by atoms with Crippen LogP contribution in [0.3, 0.4) is 0 Å². The molecule has 6 nitrogen and oxygen atoms in total. The first-order valence-electron chi connectivity index (χ1n) is 11.1. The number of unbranched alkanes of at least 4 members (excludes halogenated alkanes) is 6. The molecule has 8 heteroatoms. The Morgan fingerprint density at radius 3 is 2.36 bits per heavy atom. The number of carbonyl (C=O) groups excluding carboxylic acids is 2. The van der Waals surface area contributed by atoms with Crippen LogP contribution in [0.15, 0.2) is 41.5 Å². The highest BCUT2D eigenvalue weighted by atomic mass is 35.5. The second kappa shape index (κ2) is 14.6. The summed E-state index contributed by atoms with van der Waals surface area (Å²) in [6.07, 6.45) is 10.1. The third-order valence-corrected chi connectivity index (χ3v) is 5.69. The molecule has 2 aromatic carbocycles. The van der Waals surface area contributed by atoms with Gasteiger partial charge in [-0.1, -0.05) is 68.7 Å². The zero-order chi connectivity index (χ0) is 24.1. The number of halogens is 2. The van der Waals surface area contributed by atoms with Crippen LogP contribution in [0.25, 0.3) is 0 Å². The van der Waals surface area contributed by atoms with E-state index in [1.165, 1.54) is 63.6 Å². The maximum absolute atomic E-state index is 12.4. The normalized spacial score (nSPS) is 10.9. The number of esters is 1. The van der Waals surface area contributed by atoms with Gasteiger partial charge in [0.2, 0.25) is 5.91 Å². The summed E-state index contributed by atoms with van der Waals surface area (Å²) in [6, 6.07) is 9.44. The number of benzene rings is 2. The van der Waals surface area contributed by atoms with Gasteiger partial charge in [0.05, 0.1) is 28.9 Å². The summed E-state index contributed by atoms with van der Waals surface area (Å²) < 4.78 is 10.7. The standard InChI is InChI=1S/C25H30Cl2N2O4/c1-3-4-5-6-7-8-9-10-24(30)29-28-17-18-11-14-22(23(15-18)32-2)33-25(31)19-12-13-20(26)21(27)16-19/h11-17H,3-10H2,1-2H3,(H,29,30)/b28-17-. The van der Waals surface area contributed by atoms with Crippen LogP contribution >= 0.6 is 23.2 Å². The molecule has 0 aliphatic heterocycles. The van der Waals surface area contributed by atoms with Crippen molar-refractivity contribution in [2.75, 3.05) is 7.11 Å². The lowest BCUT2D eigenvalue weighted by molar-refractivity contribution is -0.121. The van der Waals surface area contributed by atoms with Gasteiger partial charge in [0.1, 0.15) is 0 Å². The van der Waals surface area contributed by atoms with Crippen LogP contribution in [0.5, 0.6) is 11.5 Å². The molecule has 0 saturated heterocycles. The first-order valence-corrected chi connectivity index (χ1v) is 11.9. The van der Waals surface area contributed by atoms with E-state index in [0.717, 1.165) is 12.8 Å². The third kappa shape index (κ3) is 9.44. The Balaban J connectivity index is 1.84. The van der Waals surface area contributed by atoms with Gasteiger partial charge in [0, 0.05) is 6.42 Å². The van der Waals surface area contributed by atoms with E-state index in [1.807, 2.05) is 0 Å². The quantitative estimate of drug-likeness (QED) is 0.109. The highest BCUT2D eigenvalue weighted by Crippen LogP contribution is 2.29. The maximum atomic E-state index is 12.4. The number of nitrogens with one attached hydrogen (secondary N) is 1. The number of amides is 1. The molecule has 33 heavy (non-hydrogen) atoms. The van der Waals surface area contributed by atoms with E-state index < -0.39 is 5.97 Å². The summed E-state index contributed by atoms with van der Waals surface area (Å²) in [7, 11) is 1.47. The van der Waals surface area contributed by atoms with Crippen molar-refractivity contribution in [3.05, 3.63) is 57.6 Å². The average molecular weight is 493 g/mol. The van der Waals surface area contributed by atoms with E-state index in [2.05, 4.69) is 17.5 Å². The molecule has 178 valence electrons. The molecule has 0 fully saturated rings. The third-order valence-electron chi connectivity index (χ3n) is 4.96. The van der Waals surface area contributed by atoms with E-state index in [1.54, 1.807) is 18.2 Å². The Morgan fingerprint density at radius 2 is 1.67 bits per heavy atom. The summed E-state index contributed by atoms with van der Waals surface area (Å²) in [5, 5.41) is 4.61. The van der Waals surface area contributed by atoms with Gasteiger partial charge in [-0.2, -0.15) is 5.10 Å². The van der Waals surface area contributed by atoms with Gasteiger partial charge in [-0.25, -0.2) is 10.2 Å². The van der Waals surface area contributed by atoms with E-state index in [4.69, 9.17) is 32.7 Å². The van der Waals surface area contributed by atoms with Gasteiger partial charge in [-0.3, -0.25) is 4.79 Å². The molecular formula is C25H30Cl2N2O4. The summed E-state index contributed by atoms with van der Waals surface area (Å²) >= 11 is 11.8. The largest absolute Gasteiger partial charge is 0.493 e. The number of methoxy groups -OCH3 is 1. The van der Waals surface area contributed by atoms with Crippen molar-refractivity contribution in [2.45, 2.75) is 58.3 Å². The van der Waals surface area contributed by atoms with Gasteiger partial charge in [0.15, 0.2) is 11.5 Å². The van der Waals surface area contributed by atoms with Crippen LogP contribution in [0.2, 0.25) is 10.0 Å². The predicted molar refractivity (Wildman–Crippen MR) is 133 cm³/mol. The van der Waals surface area contributed by atoms with Crippen LogP contribution in [-0.4, -0.2) is 25.2 Å². The van der Waals surface area contributed by atoms with E-state index in [-0.39, 0.29) is 22.2 Å². The molecule has 2 rings (SSSR count). The molecule has 0 aromatic heterocycles. The van der Waals surface area contributed by atoms with Crippen LogP contribution in [0.1, 0.15) is 74.2 Å². The minimum absolute atomic E-state index is 0.112. The average Bonchev–Trinajstić information content (AvgIpc) is 2.81. The second-order valence-corrected chi connectivity index (χ2v) is 8.41. The summed E-state index contributed by atoms with van der Waals surface area (Å²) in [5.41, 5.74) is 3.48. The number of hydrazone groups is 1. The zero-order valence-corrected chi connectivity index (χ0v) is 20.5. The van der Waals surface area contributed by atoms with Crippen LogP contribution in [0, 0.1) is 0 Å². The molecule has 1 amide bonds. The fourth-order valence-corrected chi connectivity index (χ4v) is 3.41. The predicted octanol–water partition coefficient (Wildman–Crippen LogP) is 6.81. The lowest BCUT2D eigenvalue weighted by atomic mass is 10.1. The molecular weight excluding hydrogens is 463 g/mol. The molecule has 0 aliphatic carbocycles. The molecule has 2 aromatic rings. The topological polar surface area (TPSA) is 77.0 Å². The number of ether oxygens (including phenoxy) is 2. The zero-order valence-electron chi connectivity index (χ0n) is 19.0. The Labute approximate surface area is 205 Å². The van der Waals surface area contributed by atoms with Crippen molar-refractivity contribution in [1.29, 1.82) is 0 Å². The summed E-state index contributed by atoms with van der Waals surface area (Å²) in [4.78, 5) is 24.3. The van der Waals surface area contributed by atoms with E-state index in [0.29, 0.717) is 22.8 Å². The number of hydrogen-bond acceptors (Lipinski definition) is 5. The molecule has 0 atom stereocenters. The Kier molecular flexibility index (Phi) is 11.8. The number of nitrogens with zero attached hydrogens (tertiary/aromatic N) is 1. The van der Waals surface area contributed by atoms with Crippen molar-refractivity contribution in [2.24, 2.45) is 5.10 Å². The highest BCUT2D eigenvalue weighted by molar-refractivity contribution is 6.42. The number of carbonyl (C=O) groups is 2. The van der Waals surface area contributed by atoms with E-state index >= 15 is 0 Å². The minimum Gasteiger partial charge on any atom is -0.493 e. The molecule has 0 aliphatic rings. The van der Waals surface area contributed by atoms with Crippen molar-refractivity contribution in [1.82, 2.24) is 5.43 Å². The fourth-order valence-electron chi connectivity index (χ4n) is 3.11. The second-order valence-electron chi connectivity index (χ2n) is 7.59. The van der Waals surface area contributed by atoms with E-state index in [9.17, 15) is 9.59 Å². The molecule has 0 saturated carbocycles. The Bertz CT molecular complexity index is 963. The molecule has 0 radical (unpaired) electrons.